The number of rotatable bonds is 32. The Kier molecular flexibility index (Phi) is 30.8. The number of phosphoric acid groups is 1. The van der Waals surface area contributed by atoms with Crippen molar-refractivity contribution in [1.29, 1.82) is 0 Å². The molecule has 0 aromatic heterocycles. The van der Waals surface area contributed by atoms with Gasteiger partial charge in [-0.15, -0.1) is 0 Å². The van der Waals surface area contributed by atoms with Crippen LogP contribution in [0.2, 0.25) is 0 Å². The molecule has 41 atom stereocenters. The number of ether oxygens (including phenoxy) is 13. The van der Waals surface area contributed by atoms with Crippen LogP contribution in [-0.4, -0.2) is 469 Å². The van der Waals surface area contributed by atoms with Crippen molar-refractivity contribution in [3.8, 4) is 0 Å². The minimum Gasteiger partial charge on any atom is -0.477 e. The van der Waals surface area contributed by atoms with Crippen LogP contribution in [0.25, 0.3) is 0 Å². The van der Waals surface area contributed by atoms with Crippen molar-refractivity contribution in [2.45, 2.75) is 251 Å². The average Bonchev–Trinajstić information content (AvgIpc) is 0.741. The number of aliphatic hydroxyl groups excluding tert-OH is 26. The lowest BCUT2D eigenvalue weighted by Crippen LogP contribution is -2.73. The van der Waals surface area contributed by atoms with Crippen molar-refractivity contribution in [1.82, 2.24) is 0 Å². The van der Waals surface area contributed by atoms with Crippen LogP contribution in [0.1, 0.15) is 6.42 Å². The topological polar surface area (TPSA) is 823 Å². The number of hydrogen-bond acceptors (Lipinski definition) is 46. The quantitative estimate of drug-likeness (QED) is 0.0278. The Balaban J connectivity index is 1.22. The van der Waals surface area contributed by atoms with Crippen molar-refractivity contribution >= 4 is 19.8 Å². The molecule has 102 heavy (non-hydrogen) atoms. The van der Waals surface area contributed by atoms with E-state index < -0.39 is 330 Å². The molecule has 7 rings (SSSR count). The van der Waals surface area contributed by atoms with E-state index in [-0.39, 0.29) is 0 Å². The predicted molar refractivity (Wildman–Crippen MR) is 303 cm³/mol. The third kappa shape index (κ3) is 18.5. The first-order chi connectivity index (χ1) is 47.7. The summed E-state index contributed by atoms with van der Waals surface area (Å²) in [7, 11) is -5.41. The Labute approximate surface area is 572 Å². The van der Waals surface area contributed by atoms with E-state index in [1.807, 2.05) is 0 Å². The van der Waals surface area contributed by atoms with Crippen LogP contribution in [-0.2, 0) is 84.8 Å². The molecule has 0 aromatic carbocycles. The van der Waals surface area contributed by atoms with Gasteiger partial charge in [0.25, 0.3) is 11.6 Å². The third-order valence-electron chi connectivity index (χ3n) is 17.8. The van der Waals surface area contributed by atoms with E-state index in [4.69, 9.17) is 71.8 Å². The van der Waals surface area contributed by atoms with E-state index in [1.54, 1.807) is 0 Å². The summed E-state index contributed by atoms with van der Waals surface area (Å²) in [4.78, 5) is 36.7. The van der Waals surface area contributed by atoms with Gasteiger partial charge >= 0.3 is 19.8 Å². The summed E-state index contributed by atoms with van der Waals surface area (Å²) in [6, 6.07) is 0. The molecule has 0 aliphatic carbocycles. The number of carbonyl (C=O) groups is 2. The van der Waals surface area contributed by atoms with Crippen molar-refractivity contribution in [2.24, 2.45) is 5.73 Å². The van der Waals surface area contributed by atoms with Crippen LogP contribution in [0, 0.1) is 0 Å². The Bertz CT molecular complexity index is 2670. The molecule has 7 aliphatic rings. The zero-order chi connectivity index (χ0) is 76.3. The average molecular weight is 1530 g/mol. The minimum absolute atomic E-state index is 0.430. The Hall–Kier alpha value is -2.59. The molecule has 0 spiro atoms. The normalized spacial score (nSPS) is 47.0. The van der Waals surface area contributed by atoms with Crippen molar-refractivity contribution in [3.63, 3.8) is 0 Å². The summed E-state index contributed by atoms with van der Waals surface area (Å²) in [5.41, 5.74) is 5.30. The first kappa shape index (κ1) is 86.6. The number of hydrogen-bond donors (Lipinski definition) is 31. The highest BCUT2D eigenvalue weighted by atomic mass is 31.2. The van der Waals surface area contributed by atoms with Gasteiger partial charge in [0.05, 0.1) is 59.0 Å². The molecule has 0 saturated carbocycles. The van der Waals surface area contributed by atoms with Crippen LogP contribution >= 0.6 is 7.82 Å². The Morgan fingerprint density at radius 2 is 0.873 bits per heavy atom. The third-order valence-corrected chi connectivity index (χ3v) is 18.8. The highest BCUT2D eigenvalue weighted by Crippen LogP contribution is 2.48. The summed E-state index contributed by atoms with van der Waals surface area (Å²) in [5, 5.41) is 315. The lowest BCUT2D eigenvalue weighted by atomic mass is 9.88. The zero-order valence-corrected chi connectivity index (χ0v) is 53.7. The minimum atomic E-state index is -5.41. The molecule has 7 saturated heterocycles. The number of phosphoric ester groups is 1. The smallest absolute Gasteiger partial charge is 0.472 e. The fourth-order valence-electron chi connectivity index (χ4n) is 12.1. The van der Waals surface area contributed by atoms with E-state index >= 15 is 0 Å². The van der Waals surface area contributed by atoms with E-state index in [2.05, 4.69) is 4.52 Å². The first-order valence-corrected chi connectivity index (χ1v) is 32.6. The number of carboxylic acid groups (broad SMARTS) is 2. The number of aliphatic hydroxyl groups is 27. The zero-order valence-electron chi connectivity index (χ0n) is 52.8. The van der Waals surface area contributed by atoms with Crippen molar-refractivity contribution in [2.75, 3.05) is 59.4 Å². The second kappa shape index (κ2) is 36.3. The van der Waals surface area contributed by atoms with Gasteiger partial charge in [-0.2, -0.15) is 0 Å². The SMILES string of the molecule is NCCOP(=O)(O)O[C@H](CO)[C@H]1O[C@@](O[C@@H]2C[C@](O)(C(=O)O)O[C@H]([C@H](O)CO)[C@@H]2O[C@H]2O[C@H]([C@@H](O)CO)[C@@H](O[C@@H]3O[C@H](CO)[C@@H](O)[C@H](O)[C@H]3O)[C@H](O[C@H]3O[C@H]([C@@H](O)CO[C@H]4O[C@H]([C@@H](O)CO[C@H]5O[C@H]([C@H](O)CO)[C@@H](O)[C@H](O)[C@@H]5O)[C@@H](O)[C@H](O)[C@@H]4O)[C@@H](O)[C@H](O)[C@@H]3O)[C@@H]2O)(C(=O)O)[C@@H](O)[C@@H](O)[C@H]1O. The van der Waals surface area contributed by atoms with Crippen LogP contribution in [0.3, 0.4) is 0 Å². The van der Waals surface area contributed by atoms with Crippen molar-refractivity contribution in [3.05, 3.63) is 0 Å². The van der Waals surface area contributed by atoms with Gasteiger partial charge in [-0.25, -0.2) is 14.2 Å². The first-order valence-electron chi connectivity index (χ1n) is 31.1. The lowest BCUT2D eigenvalue weighted by molar-refractivity contribution is -0.418. The van der Waals surface area contributed by atoms with Gasteiger partial charge in [0.1, 0.15) is 195 Å². The molecule has 7 heterocycles. The molecule has 0 bridgehead atoms. The maximum Gasteiger partial charge on any atom is 0.472 e. The Morgan fingerprint density at radius 3 is 1.34 bits per heavy atom. The molecule has 0 radical (unpaired) electrons. The largest absolute Gasteiger partial charge is 0.477 e. The molecule has 7 aliphatic heterocycles. The van der Waals surface area contributed by atoms with Crippen LogP contribution < -0.4 is 5.73 Å². The number of carboxylic acids is 2. The second-order valence-electron chi connectivity index (χ2n) is 24.8. The van der Waals surface area contributed by atoms with Gasteiger partial charge in [0.15, 0.2) is 31.5 Å². The fourth-order valence-corrected chi connectivity index (χ4v) is 13.0. The molecule has 596 valence electrons. The highest BCUT2D eigenvalue weighted by Gasteiger charge is 2.67. The number of nitrogens with two attached hydrogens (primary N) is 1. The van der Waals surface area contributed by atoms with Gasteiger partial charge in [-0.3, -0.25) is 9.05 Å². The van der Waals surface area contributed by atoms with Gasteiger partial charge in [0.2, 0.25) is 0 Å². The van der Waals surface area contributed by atoms with Crippen molar-refractivity contribution < 1.29 is 238 Å². The lowest BCUT2D eigenvalue weighted by Gasteiger charge is -2.53. The molecule has 50 heteroatoms. The maximum atomic E-state index is 13.5. The summed E-state index contributed by atoms with van der Waals surface area (Å²) < 4.78 is 95.0. The monoisotopic (exact) mass is 1530 g/mol. The molecule has 7 fully saturated rings. The molecule has 1 unspecified atom stereocenters. The standard InChI is InChI=1S/C52H90NO48P/c53-1-2-89-102(85,86)101-18(8-58)39-27(72)28(73)43(79)52(100-39,50(82)83)98-16-3-51(84,49(80)81)99-38(13(61)6-56)40(16)95-48-33(78)41(42(37(94-48)12(60)5-55)97-46-31(76)20(65)19(64)17(7-57)90-46)96-47-32(77)23(68)26(71)36(93-47)15(63)10-88-45-30(75)22(67)25(70)35(92-45)14(62)9-87-44-29(74)21(66)24(69)34(91-44)11(59)4-54/h11-48,54-79,84H,1-10,53H2,(H,80,81)(H,82,83)(H,85,86)/t11-,12+,13-,14+,15+,16-,17-,18-,19-,20+,21+,22+,23+,24+,25+,26+,27-,28+,29+,30+,31-,32+,33+,34-,35-,36-,37-,38-,39-,40-,41-,42-,43+,44+,45+,46+,47-,48-,51-,52-/m1/s1. The van der Waals surface area contributed by atoms with E-state index in [9.17, 15) is 167 Å². The number of aliphatic carboxylic acids is 2. The summed E-state index contributed by atoms with van der Waals surface area (Å²) in [6.45, 7) is -10.3. The molecule has 32 N–H and O–H groups in total. The molecule has 49 nitrogen and oxygen atoms in total. The van der Waals surface area contributed by atoms with Gasteiger partial charge in [-0.1, -0.05) is 0 Å². The predicted octanol–water partition coefficient (Wildman–Crippen LogP) is -20.1. The van der Waals surface area contributed by atoms with Crippen LogP contribution in [0.5, 0.6) is 0 Å². The molecule has 0 amide bonds. The summed E-state index contributed by atoms with van der Waals surface area (Å²) >= 11 is 0. The highest BCUT2D eigenvalue weighted by molar-refractivity contribution is 7.47. The fraction of sp³-hybridized carbons (Fsp3) is 0.962. The summed E-state index contributed by atoms with van der Waals surface area (Å²) in [5.74, 6) is -12.9. The van der Waals surface area contributed by atoms with Gasteiger partial charge < -0.3 is 220 Å². The van der Waals surface area contributed by atoms with Crippen LogP contribution in [0.4, 0.5) is 0 Å². The maximum absolute atomic E-state index is 13.5. The second-order valence-corrected chi connectivity index (χ2v) is 26.2. The van der Waals surface area contributed by atoms with E-state index in [0.717, 1.165) is 0 Å². The van der Waals surface area contributed by atoms with Gasteiger partial charge in [0, 0.05) is 13.0 Å². The van der Waals surface area contributed by atoms with Crippen LogP contribution in [0.15, 0.2) is 0 Å². The summed E-state index contributed by atoms with van der Waals surface area (Å²) in [6.07, 6.45) is -93.8. The molecule has 0 aromatic rings. The van der Waals surface area contributed by atoms with E-state index in [0.29, 0.717) is 0 Å². The molecular weight excluding hydrogens is 1440 g/mol. The Morgan fingerprint density at radius 1 is 0.461 bits per heavy atom. The van der Waals surface area contributed by atoms with Gasteiger partial charge in [-0.05, 0) is 0 Å². The molecular formula is C52H90NO48P. The van der Waals surface area contributed by atoms with E-state index in [1.165, 1.54) is 0 Å².